The highest BCUT2D eigenvalue weighted by molar-refractivity contribution is 6.11. The molecule has 0 aliphatic carbocycles. The summed E-state index contributed by atoms with van der Waals surface area (Å²) in [5.74, 6) is 2.36. The fourth-order valence-electron chi connectivity index (χ4n) is 5.97. The smallest absolute Gasteiger partial charge is 0.182 e. The summed E-state index contributed by atoms with van der Waals surface area (Å²) in [4.78, 5) is 19.4. The van der Waals surface area contributed by atoms with E-state index in [4.69, 9.17) is 15.0 Å². The minimum absolute atomic E-state index is 0.630. The molecule has 5 heteroatoms. The fraction of sp³-hybridized carbons (Fsp3) is 0.0278. The van der Waals surface area contributed by atoms with E-state index in [2.05, 4.69) is 131 Å². The first-order chi connectivity index (χ1) is 20.4. The molecule has 0 fully saturated rings. The van der Waals surface area contributed by atoms with E-state index >= 15 is 0 Å². The van der Waals surface area contributed by atoms with Gasteiger partial charge < -0.3 is 4.90 Å². The summed E-state index contributed by atoms with van der Waals surface area (Å²) in [6.45, 7) is 0.759. The maximum absolute atomic E-state index is 5.24. The van der Waals surface area contributed by atoms with Crippen LogP contribution in [-0.2, 0) is 0 Å². The standard InChI is InChI=1S/C36H25N5/c1-3-13-25(14-4-1)33-34(41(28-17-5-2-6-18-28)31-21-11-12-22-40(31)33)36-38-24-37-35(39-36)32-29-19-9-7-15-26(29)23-27-16-8-10-20-30(27)32/h1-21,23-24H,22H2. The Morgan fingerprint density at radius 1 is 0.610 bits per heavy atom. The Kier molecular flexibility index (Phi) is 5.45. The zero-order chi connectivity index (χ0) is 27.2. The first-order valence-corrected chi connectivity index (χ1v) is 13.8. The van der Waals surface area contributed by atoms with E-state index in [-0.39, 0.29) is 0 Å². The molecule has 0 atom stereocenters. The van der Waals surface area contributed by atoms with Gasteiger partial charge in [0.25, 0.3) is 0 Å². The van der Waals surface area contributed by atoms with E-state index in [9.17, 15) is 0 Å². The van der Waals surface area contributed by atoms with E-state index in [0.29, 0.717) is 11.6 Å². The Bertz CT molecular complexity index is 1970. The van der Waals surface area contributed by atoms with Crippen molar-refractivity contribution in [3.05, 3.63) is 157 Å². The van der Waals surface area contributed by atoms with Gasteiger partial charge in [0.1, 0.15) is 17.8 Å². The average molecular weight is 528 g/mol. The van der Waals surface area contributed by atoms with Gasteiger partial charge in [-0.3, -0.25) is 4.90 Å². The fourth-order valence-corrected chi connectivity index (χ4v) is 5.97. The zero-order valence-electron chi connectivity index (χ0n) is 22.2. The minimum Gasteiger partial charge on any atom is -0.321 e. The van der Waals surface area contributed by atoms with Crippen molar-refractivity contribution in [1.82, 2.24) is 19.9 Å². The molecule has 5 aromatic carbocycles. The third kappa shape index (κ3) is 3.82. The second-order valence-corrected chi connectivity index (χ2v) is 10.1. The van der Waals surface area contributed by atoms with Gasteiger partial charge in [-0.1, -0.05) is 109 Å². The number of anilines is 1. The summed E-state index contributed by atoms with van der Waals surface area (Å²) in [5, 5.41) is 4.56. The number of nitrogens with zero attached hydrogens (tertiary/aromatic N) is 5. The van der Waals surface area contributed by atoms with Crippen molar-refractivity contribution in [3.63, 3.8) is 0 Å². The molecule has 194 valence electrons. The Labute approximate surface area is 238 Å². The first kappa shape index (κ1) is 23.3. The summed E-state index contributed by atoms with van der Waals surface area (Å²) < 4.78 is 0. The Balaban J connectivity index is 1.42. The van der Waals surface area contributed by atoms with Crippen molar-refractivity contribution in [3.8, 4) is 11.4 Å². The van der Waals surface area contributed by atoms with Gasteiger partial charge in [0.05, 0.1) is 5.70 Å². The van der Waals surface area contributed by atoms with Crippen LogP contribution in [0.1, 0.15) is 11.4 Å². The molecule has 0 radical (unpaired) electrons. The number of aromatic nitrogens is 3. The van der Waals surface area contributed by atoms with Crippen LogP contribution in [0.5, 0.6) is 0 Å². The summed E-state index contributed by atoms with van der Waals surface area (Å²) in [5.41, 5.74) is 5.19. The molecule has 41 heavy (non-hydrogen) atoms. The van der Waals surface area contributed by atoms with Crippen molar-refractivity contribution in [2.24, 2.45) is 0 Å². The van der Waals surface area contributed by atoms with Gasteiger partial charge in [0.2, 0.25) is 0 Å². The maximum Gasteiger partial charge on any atom is 0.182 e. The molecule has 2 aliphatic rings. The number of benzene rings is 5. The molecule has 1 aromatic heterocycles. The number of hydrogen-bond donors (Lipinski definition) is 0. The van der Waals surface area contributed by atoms with Gasteiger partial charge in [0.15, 0.2) is 11.6 Å². The average Bonchev–Trinajstić information content (AvgIpc) is 3.40. The normalized spacial score (nSPS) is 14.6. The molecule has 0 N–H and O–H groups in total. The first-order valence-electron chi connectivity index (χ1n) is 13.8. The molecule has 0 amide bonds. The van der Waals surface area contributed by atoms with Crippen LogP contribution < -0.4 is 4.90 Å². The van der Waals surface area contributed by atoms with E-state index in [0.717, 1.165) is 62.1 Å². The van der Waals surface area contributed by atoms with E-state index in [1.807, 2.05) is 12.1 Å². The van der Waals surface area contributed by atoms with Gasteiger partial charge in [-0.05, 0) is 45.8 Å². The van der Waals surface area contributed by atoms with Crippen molar-refractivity contribution >= 4 is 38.6 Å². The van der Waals surface area contributed by atoms with E-state index < -0.39 is 0 Å². The quantitative estimate of drug-likeness (QED) is 0.218. The van der Waals surface area contributed by atoms with Crippen LogP contribution in [0.25, 0.3) is 44.3 Å². The summed E-state index contributed by atoms with van der Waals surface area (Å²) in [6.07, 6.45) is 8.11. The second kappa shape index (κ2) is 9.57. The number of para-hydroxylation sites is 1. The predicted molar refractivity (Wildman–Crippen MR) is 166 cm³/mol. The maximum atomic E-state index is 5.24. The number of hydrogen-bond acceptors (Lipinski definition) is 5. The van der Waals surface area contributed by atoms with Crippen molar-refractivity contribution in [2.45, 2.75) is 0 Å². The Morgan fingerprint density at radius 3 is 1.98 bits per heavy atom. The largest absolute Gasteiger partial charge is 0.321 e. The van der Waals surface area contributed by atoms with Crippen molar-refractivity contribution in [1.29, 1.82) is 0 Å². The molecule has 0 unspecified atom stereocenters. The number of fused-ring (bicyclic) bond motifs is 3. The van der Waals surface area contributed by atoms with Crippen LogP contribution in [0.3, 0.4) is 0 Å². The summed E-state index contributed by atoms with van der Waals surface area (Å²) in [6, 6.07) is 40.1. The topological polar surface area (TPSA) is 45.2 Å². The second-order valence-electron chi connectivity index (χ2n) is 10.1. The summed E-state index contributed by atoms with van der Waals surface area (Å²) in [7, 11) is 0. The predicted octanol–water partition coefficient (Wildman–Crippen LogP) is 7.90. The molecule has 2 aliphatic heterocycles. The highest BCUT2D eigenvalue weighted by atomic mass is 15.4. The van der Waals surface area contributed by atoms with Gasteiger partial charge in [-0.15, -0.1) is 0 Å². The number of rotatable bonds is 4. The Morgan fingerprint density at radius 2 is 1.24 bits per heavy atom. The Hall–Kier alpha value is -5.55. The van der Waals surface area contributed by atoms with E-state index in [1.54, 1.807) is 6.33 Å². The molecule has 0 saturated carbocycles. The lowest BCUT2D eigenvalue weighted by Gasteiger charge is -2.28. The van der Waals surface area contributed by atoms with Crippen LogP contribution in [0, 0.1) is 0 Å². The summed E-state index contributed by atoms with van der Waals surface area (Å²) >= 11 is 0. The highest BCUT2D eigenvalue weighted by Gasteiger charge is 2.38. The van der Waals surface area contributed by atoms with Crippen molar-refractivity contribution in [2.75, 3.05) is 11.4 Å². The van der Waals surface area contributed by atoms with Crippen LogP contribution in [0.2, 0.25) is 0 Å². The van der Waals surface area contributed by atoms with Crippen LogP contribution in [-0.4, -0.2) is 26.4 Å². The molecule has 0 saturated heterocycles. The monoisotopic (exact) mass is 527 g/mol. The molecular formula is C36H25N5. The lowest BCUT2D eigenvalue weighted by atomic mass is 9.96. The van der Waals surface area contributed by atoms with Gasteiger partial charge in [-0.25, -0.2) is 15.0 Å². The van der Waals surface area contributed by atoms with Crippen LogP contribution in [0.15, 0.2) is 146 Å². The van der Waals surface area contributed by atoms with Gasteiger partial charge >= 0.3 is 0 Å². The lowest BCUT2D eigenvalue weighted by Crippen LogP contribution is -2.27. The van der Waals surface area contributed by atoms with Crippen molar-refractivity contribution < 1.29 is 0 Å². The highest BCUT2D eigenvalue weighted by Crippen LogP contribution is 2.46. The molecule has 3 heterocycles. The van der Waals surface area contributed by atoms with Gasteiger partial charge in [0, 0.05) is 23.4 Å². The lowest BCUT2D eigenvalue weighted by molar-refractivity contribution is 0.546. The SMILES string of the molecule is C1=CCN2C(=C1)N(c1ccccc1)C(c1ncnc(-c3c4ccccc4cc4ccccc34)n1)=C2c1ccccc1. The zero-order valence-corrected chi connectivity index (χ0v) is 22.2. The molecular weight excluding hydrogens is 502 g/mol. The van der Waals surface area contributed by atoms with Crippen LogP contribution in [0.4, 0.5) is 5.69 Å². The molecule has 8 rings (SSSR count). The molecule has 5 nitrogen and oxygen atoms in total. The minimum atomic E-state index is 0.630. The molecule has 0 spiro atoms. The molecule has 6 aromatic rings. The van der Waals surface area contributed by atoms with Crippen LogP contribution >= 0.6 is 0 Å². The third-order valence-corrected chi connectivity index (χ3v) is 7.73. The number of allylic oxidation sites excluding steroid dienone is 2. The molecule has 0 bridgehead atoms. The third-order valence-electron chi connectivity index (χ3n) is 7.73. The van der Waals surface area contributed by atoms with E-state index in [1.165, 1.54) is 0 Å². The van der Waals surface area contributed by atoms with Gasteiger partial charge in [-0.2, -0.15) is 0 Å².